The predicted octanol–water partition coefficient (Wildman–Crippen LogP) is 0.462. The molecule has 0 spiro atoms. The van der Waals surface area contributed by atoms with Crippen LogP contribution in [0.1, 0.15) is 6.92 Å². The summed E-state index contributed by atoms with van der Waals surface area (Å²) in [5, 5.41) is 8.08. The minimum Gasteiger partial charge on any atom is -0.294 e. The van der Waals surface area contributed by atoms with Gasteiger partial charge in [0.2, 0.25) is 0 Å². The average molecular weight is 100 g/mol. The summed E-state index contributed by atoms with van der Waals surface area (Å²) in [6.07, 6.45) is 0. The number of hydrogen-bond acceptors (Lipinski definition) is 2. The molecule has 0 bridgehead atoms. The van der Waals surface area contributed by atoms with Crippen molar-refractivity contribution in [1.82, 2.24) is 4.90 Å². The van der Waals surface area contributed by atoms with Gasteiger partial charge >= 0.3 is 0 Å². The molecule has 2 nitrogen and oxygen atoms in total. The monoisotopic (exact) mass is 100 g/mol. The molecule has 0 aromatic carbocycles. The van der Waals surface area contributed by atoms with Gasteiger partial charge in [0.05, 0.1) is 12.6 Å². The van der Waals surface area contributed by atoms with Gasteiger partial charge in [-0.1, -0.05) is 6.92 Å². The Kier molecular flexibility index (Phi) is 3.35. The van der Waals surface area contributed by atoms with E-state index in [0.717, 1.165) is 6.54 Å². The van der Waals surface area contributed by atoms with E-state index in [1.54, 1.807) is 0 Å². The zero-order valence-corrected chi connectivity index (χ0v) is 4.81. The Bertz CT molecular complexity index is 72.6. The van der Waals surface area contributed by atoms with E-state index >= 15 is 0 Å². The highest BCUT2D eigenvalue weighted by molar-refractivity contribution is 4.72. The van der Waals surface area contributed by atoms with Crippen molar-refractivity contribution >= 4 is 0 Å². The van der Waals surface area contributed by atoms with Crippen molar-refractivity contribution in [3.05, 3.63) is 0 Å². The van der Waals surface area contributed by atoms with Crippen LogP contribution in [0.15, 0.2) is 0 Å². The van der Waals surface area contributed by atoms with Gasteiger partial charge in [-0.2, -0.15) is 5.26 Å². The van der Waals surface area contributed by atoms with Crippen LogP contribution in [-0.4, -0.2) is 25.0 Å². The summed E-state index contributed by atoms with van der Waals surface area (Å²) < 4.78 is 0. The Balaban J connectivity index is 3.03. The fraction of sp³-hybridized carbons (Fsp3) is 0.800. The molecule has 0 aromatic rings. The third-order valence-corrected chi connectivity index (χ3v) is 0.880. The van der Waals surface area contributed by atoms with E-state index in [1.165, 1.54) is 0 Å². The Morgan fingerprint density at radius 2 is 2.29 bits per heavy atom. The number of rotatable bonds is 2. The topological polar surface area (TPSA) is 27.0 Å². The molecule has 0 aliphatic carbocycles. The second kappa shape index (κ2) is 3.63. The lowest BCUT2D eigenvalue weighted by molar-refractivity contribution is 0.396. The Hall–Kier alpha value is -0.550. The van der Waals surface area contributed by atoms with Gasteiger partial charge in [-0.3, -0.25) is 4.90 Å². The molecule has 0 aromatic heterocycles. The predicted molar refractivity (Wildman–Crippen MR) is 28.8 cm³/mol. The van der Waals surface area contributed by atoms with E-state index in [1.807, 2.05) is 24.9 Å². The van der Waals surface area contributed by atoms with Gasteiger partial charge in [-0.05, 0) is 13.6 Å². The summed E-state index contributed by atoms with van der Waals surface area (Å²) in [5.41, 5.74) is 0. The normalized spacial score (nSPS) is 8.86. The molecule has 0 heterocycles. The first-order valence-electron chi connectivity index (χ1n) is 2.36. The smallest absolute Gasteiger partial charge is 0.0863 e. The number of nitrogens with zero attached hydrogens (tertiary/aromatic N) is 2. The largest absolute Gasteiger partial charge is 0.294 e. The second-order valence-electron chi connectivity index (χ2n) is 1.49. The zero-order valence-electron chi connectivity index (χ0n) is 4.81. The molecule has 0 radical (unpaired) electrons. The first kappa shape index (κ1) is 6.45. The highest BCUT2D eigenvalue weighted by Gasteiger charge is 1.86. The minimum atomic E-state index is 0.538. The molecule has 0 unspecified atom stereocenters. The van der Waals surface area contributed by atoms with Crippen LogP contribution in [0, 0.1) is 11.3 Å². The molecule has 0 aliphatic heterocycles. The van der Waals surface area contributed by atoms with E-state index in [0.29, 0.717) is 6.54 Å². The fourth-order valence-electron chi connectivity index (χ4n) is 0.233. The van der Waals surface area contributed by atoms with Crippen molar-refractivity contribution < 1.29 is 0 Å². The quantitative estimate of drug-likeness (QED) is 0.471. The summed E-state index contributed by atoms with van der Waals surface area (Å²) in [6.45, 7) is 3.52. The first-order chi connectivity index (χ1) is 3.31. The molecular weight excluding hydrogens is 90.1 g/mol. The highest BCUT2D eigenvalue weighted by atomic mass is 15.2. The van der Waals surface area contributed by atoms with E-state index in [9.17, 15) is 0 Å². The van der Waals surface area contributed by atoms with Crippen LogP contribution in [0.5, 0.6) is 0 Å². The lowest BCUT2D eigenvalue weighted by atomic mass is 10.7. The lowest BCUT2D eigenvalue weighted by Gasteiger charge is -2.05. The van der Waals surface area contributed by atoms with E-state index in [2.05, 4.69) is 0 Å². The van der Waals surface area contributed by atoms with Crippen molar-refractivity contribution in [3.63, 3.8) is 0 Å². The van der Waals surface area contributed by atoms with Crippen molar-refractivity contribution in [2.24, 2.45) is 0 Å². The molecule has 0 fully saturated rings. The third-order valence-electron chi connectivity index (χ3n) is 0.880. The van der Waals surface area contributed by atoms with Crippen LogP contribution in [0.3, 0.4) is 0 Å². The third kappa shape index (κ3) is 3.28. The Labute approximate surface area is 44.4 Å². The SMILES string of the molecule is CCN(C)C[14C]#N. The van der Waals surface area contributed by atoms with Crippen LogP contribution in [0.4, 0.5) is 0 Å². The number of nitriles is 1. The summed E-state index contributed by atoms with van der Waals surface area (Å²) in [4.78, 5) is 1.94. The van der Waals surface area contributed by atoms with Gasteiger partial charge in [-0.25, -0.2) is 0 Å². The first-order valence-corrected chi connectivity index (χ1v) is 2.36. The van der Waals surface area contributed by atoms with E-state index in [4.69, 9.17) is 5.26 Å². The molecule has 2 heteroatoms. The van der Waals surface area contributed by atoms with Crippen molar-refractivity contribution in [1.29, 1.82) is 5.26 Å². The summed E-state index contributed by atoms with van der Waals surface area (Å²) in [5.74, 6) is 0. The summed E-state index contributed by atoms with van der Waals surface area (Å²) >= 11 is 0. The molecular formula is C5H10N2. The standard InChI is InChI=1S/C5H10N2/c1-3-7(2)5-4-6/h3,5H2,1-2H3/i4+2. The second-order valence-corrected chi connectivity index (χ2v) is 1.49. The summed E-state index contributed by atoms with van der Waals surface area (Å²) in [7, 11) is 1.92. The van der Waals surface area contributed by atoms with Crippen LogP contribution in [-0.2, 0) is 0 Å². The Morgan fingerprint density at radius 1 is 1.71 bits per heavy atom. The van der Waals surface area contributed by atoms with Crippen molar-refractivity contribution in [2.45, 2.75) is 6.92 Å². The summed E-state index contributed by atoms with van der Waals surface area (Å²) in [6, 6.07) is 2.04. The minimum absolute atomic E-state index is 0.538. The molecule has 0 saturated carbocycles. The van der Waals surface area contributed by atoms with Gasteiger partial charge in [0, 0.05) is 0 Å². The van der Waals surface area contributed by atoms with Gasteiger partial charge in [-0.15, -0.1) is 0 Å². The molecule has 0 atom stereocenters. The van der Waals surface area contributed by atoms with Gasteiger partial charge in [0.1, 0.15) is 0 Å². The van der Waals surface area contributed by atoms with Crippen LogP contribution in [0.2, 0.25) is 0 Å². The van der Waals surface area contributed by atoms with Crippen molar-refractivity contribution in [2.75, 3.05) is 20.1 Å². The molecule has 7 heavy (non-hydrogen) atoms. The average Bonchev–Trinajstić information content (AvgIpc) is 1.68. The van der Waals surface area contributed by atoms with E-state index < -0.39 is 0 Å². The number of hydrogen-bond donors (Lipinski definition) is 0. The van der Waals surface area contributed by atoms with Gasteiger partial charge in [0.15, 0.2) is 0 Å². The molecule has 0 amide bonds. The maximum absolute atomic E-state index is 8.08. The van der Waals surface area contributed by atoms with E-state index in [-0.39, 0.29) is 0 Å². The van der Waals surface area contributed by atoms with Gasteiger partial charge < -0.3 is 0 Å². The van der Waals surface area contributed by atoms with Gasteiger partial charge in [0.25, 0.3) is 0 Å². The maximum atomic E-state index is 8.08. The van der Waals surface area contributed by atoms with Crippen molar-refractivity contribution in [3.8, 4) is 6.07 Å². The maximum Gasteiger partial charge on any atom is 0.0863 e. The molecule has 0 aliphatic rings. The molecule has 40 valence electrons. The fourth-order valence-corrected chi connectivity index (χ4v) is 0.233. The molecule has 0 rings (SSSR count). The molecule has 0 N–H and O–H groups in total. The van der Waals surface area contributed by atoms with Crippen LogP contribution < -0.4 is 0 Å². The zero-order chi connectivity index (χ0) is 5.70. The Morgan fingerprint density at radius 3 is 2.43 bits per heavy atom. The van der Waals surface area contributed by atoms with Crippen LogP contribution >= 0.6 is 0 Å². The lowest BCUT2D eigenvalue weighted by Crippen LogP contribution is -2.16. The highest BCUT2D eigenvalue weighted by Crippen LogP contribution is 1.74. The molecule has 0 saturated heterocycles. The van der Waals surface area contributed by atoms with Crippen LogP contribution in [0.25, 0.3) is 0 Å².